The molecule has 1 aromatic heterocycles. The van der Waals surface area contributed by atoms with Gasteiger partial charge in [-0.3, -0.25) is 9.36 Å². The Morgan fingerprint density at radius 1 is 1.29 bits per heavy atom. The summed E-state index contributed by atoms with van der Waals surface area (Å²) in [7, 11) is 0. The van der Waals surface area contributed by atoms with Crippen LogP contribution >= 0.6 is 23.2 Å². The van der Waals surface area contributed by atoms with Crippen molar-refractivity contribution < 1.29 is 4.79 Å². The van der Waals surface area contributed by atoms with Crippen molar-refractivity contribution in [2.24, 2.45) is 0 Å². The second-order valence-corrected chi connectivity index (χ2v) is 5.42. The molecule has 0 fully saturated rings. The first-order valence-electron chi connectivity index (χ1n) is 6.17. The third kappa shape index (κ3) is 3.83. The molecule has 1 aromatic carbocycles. The average Bonchev–Trinajstić information content (AvgIpc) is 2.38. The third-order valence-electron chi connectivity index (χ3n) is 2.85. The number of carbonyl (C=O) groups is 1. The summed E-state index contributed by atoms with van der Waals surface area (Å²) in [6, 6.07) is 6.49. The maximum absolute atomic E-state index is 12.0. The van der Waals surface area contributed by atoms with Gasteiger partial charge in [-0.1, -0.05) is 23.2 Å². The molecule has 21 heavy (non-hydrogen) atoms. The van der Waals surface area contributed by atoms with E-state index >= 15 is 0 Å². The van der Waals surface area contributed by atoms with E-state index in [0.29, 0.717) is 27.1 Å². The zero-order chi connectivity index (χ0) is 15.6. The van der Waals surface area contributed by atoms with Gasteiger partial charge in [0.25, 0.3) is 0 Å². The van der Waals surface area contributed by atoms with Gasteiger partial charge in [-0.25, -0.2) is 4.79 Å². The van der Waals surface area contributed by atoms with Crippen molar-refractivity contribution in [2.45, 2.75) is 20.4 Å². The Hall–Kier alpha value is -1.85. The summed E-state index contributed by atoms with van der Waals surface area (Å²) in [4.78, 5) is 27.6. The molecule has 0 spiro atoms. The summed E-state index contributed by atoms with van der Waals surface area (Å²) < 4.78 is 1.29. The highest BCUT2D eigenvalue weighted by Gasteiger charge is 2.10. The molecule has 0 saturated heterocycles. The Morgan fingerprint density at radius 2 is 2.00 bits per heavy atom. The van der Waals surface area contributed by atoms with Crippen LogP contribution in [0.5, 0.6) is 0 Å². The van der Waals surface area contributed by atoms with Gasteiger partial charge >= 0.3 is 5.69 Å². The van der Waals surface area contributed by atoms with Gasteiger partial charge < -0.3 is 5.32 Å². The first-order valence-corrected chi connectivity index (χ1v) is 6.92. The summed E-state index contributed by atoms with van der Waals surface area (Å²) in [6.45, 7) is 3.33. The molecule has 7 heteroatoms. The van der Waals surface area contributed by atoms with Crippen molar-refractivity contribution in [3.05, 3.63) is 56.2 Å². The van der Waals surface area contributed by atoms with Crippen LogP contribution in [0.1, 0.15) is 11.4 Å². The van der Waals surface area contributed by atoms with Crippen LogP contribution in [0.3, 0.4) is 0 Å². The van der Waals surface area contributed by atoms with E-state index in [0.717, 1.165) is 0 Å². The maximum atomic E-state index is 12.0. The van der Waals surface area contributed by atoms with E-state index in [4.69, 9.17) is 23.2 Å². The molecule has 1 amide bonds. The number of aryl methyl sites for hydroxylation is 2. The molecule has 110 valence electrons. The molecule has 0 saturated carbocycles. The number of benzene rings is 1. The van der Waals surface area contributed by atoms with Crippen molar-refractivity contribution in [3.63, 3.8) is 0 Å². The van der Waals surface area contributed by atoms with E-state index in [1.165, 1.54) is 4.57 Å². The highest BCUT2D eigenvalue weighted by Crippen LogP contribution is 2.25. The number of rotatable bonds is 3. The lowest BCUT2D eigenvalue weighted by Crippen LogP contribution is -2.31. The topological polar surface area (TPSA) is 64.0 Å². The number of nitrogens with zero attached hydrogens (tertiary/aromatic N) is 2. The minimum atomic E-state index is -0.458. The minimum absolute atomic E-state index is 0.138. The highest BCUT2D eigenvalue weighted by molar-refractivity contribution is 6.35. The molecular formula is C14H13Cl2N3O2. The molecule has 1 N–H and O–H groups in total. The van der Waals surface area contributed by atoms with E-state index in [-0.39, 0.29) is 12.5 Å². The fourth-order valence-corrected chi connectivity index (χ4v) is 2.23. The number of carbonyl (C=O) groups excluding carboxylic acids is 1. The Kier molecular flexibility index (Phi) is 4.65. The molecule has 0 bridgehead atoms. The van der Waals surface area contributed by atoms with Crippen LogP contribution in [0.15, 0.2) is 29.1 Å². The van der Waals surface area contributed by atoms with Crippen LogP contribution in [0.2, 0.25) is 10.0 Å². The van der Waals surface area contributed by atoms with Gasteiger partial charge in [0, 0.05) is 16.4 Å². The van der Waals surface area contributed by atoms with Crippen LogP contribution in [0, 0.1) is 13.8 Å². The Balaban J connectivity index is 2.20. The van der Waals surface area contributed by atoms with E-state index in [9.17, 15) is 9.59 Å². The summed E-state index contributed by atoms with van der Waals surface area (Å²) >= 11 is 11.8. The van der Waals surface area contributed by atoms with Crippen LogP contribution in [0.4, 0.5) is 5.69 Å². The lowest BCUT2D eigenvalue weighted by molar-refractivity contribution is -0.116. The molecule has 0 aliphatic heterocycles. The third-order valence-corrected chi connectivity index (χ3v) is 3.42. The smallest absolute Gasteiger partial charge is 0.323 e. The first-order chi connectivity index (χ1) is 9.86. The second-order valence-electron chi connectivity index (χ2n) is 4.58. The summed E-state index contributed by atoms with van der Waals surface area (Å²) in [5, 5.41) is 3.46. The molecule has 0 aliphatic rings. The number of halogens is 2. The highest BCUT2D eigenvalue weighted by atomic mass is 35.5. The quantitative estimate of drug-likeness (QED) is 0.943. The molecule has 0 aliphatic carbocycles. The molecule has 5 nitrogen and oxygen atoms in total. The molecule has 2 rings (SSSR count). The standard InChI is InChI=1S/C14H13Cl2N3O2/c1-8-5-9(2)19(14(21)17-8)7-13(20)18-12-6-10(15)3-4-11(12)16/h3-6H,7H2,1-2H3,(H,18,20). The average molecular weight is 326 g/mol. The summed E-state index contributed by atoms with van der Waals surface area (Å²) in [5.74, 6) is -0.380. The number of amides is 1. The molecule has 2 aromatic rings. The largest absolute Gasteiger partial charge is 0.348 e. The Morgan fingerprint density at radius 3 is 2.67 bits per heavy atom. The van der Waals surface area contributed by atoms with Crippen LogP contribution < -0.4 is 11.0 Å². The van der Waals surface area contributed by atoms with Gasteiger partial charge in [-0.15, -0.1) is 0 Å². The van der Waals surface area contributed by atoms with E-state index in [1.54, 1.807) is 38.1 Å². The monoisotopic (exact) mass is 325 g/mol. The molecular weight excluding hydrogens is 313 g/mol. The number of nitrogens with one attached hydrogen (secondary N) is 1. The van der Waals surface area contributed by atoms with Gasteiger partial charge in [0.05, 0.1) is 10.7 Å². The Labute approximate surface area is 131 Å². The van der Waals surface area contributed by atoms with Gasteiger partial charge in [0.15, 0.2) is 0 Å². The fourth-order valence-electron chi connectivity index (χ4n) is 1.89. The zero-order valence-corrected chi connectivity index (χ0v) is 13.0. The lowest BCUT2D eigenvalue weighted by Gasteiger charge is -2.11. The van der Waals surface area contributed by atoms with E-state index in [2.05, 4.69) is 10.3 Å². The summed E-state index contributed by atoms with van der Waals surface area (Å²) in [5.41, 5.74) is 1.23. The molecule has 0 atom stereocenters. The van der Waals surface area contributed by atoms with Crippen molar-refractivity contribution in [3.8, 4) is 0 Å². The first kappa shape index (κ1) is 15.5. The van der Waals surface area contributed by atoms with Gasteiger partial charge in [-0.2, -0.15) is 4.98 Å². The Bertz CT molecular complexity index is 756. The molecule has 0 radical (unpaired) electrons. The van der Waals surface area contributed by atoms with Gasteiger partial charge in [0.2, 0.25) is 5.91 Å². The lowest BCUT2D eigenvalue weighted by atomic mass is 10.3. The zero-order valence-electron chi connectivity index (χ0n) is 11.5. The number of anilines is 1. The summed E-state index contributed by atoms with van der Waals surface area (Å²) in [6.07, 6.45) is 0. The van der Waals surface area contributed by atoms with Gasteiger partial charge in [0.1, 0.15) is 6.54 Å². The van der Waals surface area contributed by atoms with Crippen molar-refractivity contribution >= 4 is 34.8 Å². The fraction of sp³-hybridized carbons (Fsp3) is 0.214. The predicted octanol–water partition coefficient (Wildman–Crippen LogP) is 2.81. The van der Waals surface area contributed by atoms with Crippen molar-refractivity contribution in [1.29, 1.82) is 0 Å². The van der Waals surface area contributed by atoms with Crippen molar-refractivity contribution in [1.82, 2.24) is 9.55 Å². The normalized spacial score (nSPS) is 10.5. The van der Waals surface area contributed by atoms with Crippen LogP contribution in [-0.4, -0.2) is 15.5 Å². The van der Waals surface area contributed by atoms with E-state index in [1.807, 2.05) is 0 Å². The number of aromatic nitrogens is 2. The van der Waals surface area contributed by atoms with E-state index < -0.39 is 5.69 Å². The van der Waals surface area contributed by atoms with Crippen molar-refractivity contribution in [2.75, 3.05) is 5.32 Å². The molecule has 1 heterocycles. The number of hydrogen-bond donors (Lipinski definition) is 1. The molecule has 0 unspecified atom stereocenters. The maximum Gasteiger partial charge on any atom is 0.348 e. The SMILES string of the molecule is Cc1cc(C)n(CC(=O)Nc2cc(Cl)ccc2Cl)c(=O)n1. The van der Waals surface area contributed by atoms with Crippen LogP contribution in [0.25, 0.3) is 0 Å². The van der Waals surface area contributed by atoms with Gasteiger partial charge in [-0.05, 0) is 38.1 Å². The predicted molar refractivity (Wildman–Crippen MR) is 83.1 cm³/mol. The number of hydrogen-bond acceptors (Lipinski definition) is 3. The van der Waals surface area contributed by atoms with Crippen LogP contribution in [-0.2, 0) is 11.3 Å². The second kappa shape index (κ2) is 6.28. The minimum Gasteiger partial charge on any atom is -0.323 e.